The molecular formula is C16H28O2. The Bertz CT molecular complexity index is 235. The normalized spacial score (nSPS) is 10.3. The van der Waals surface area contributed by atoms with Crippen molar-refractivity contribution in [2.24, 2.45) is 0 Å². The SMILES string of the molecule is C=C/C=C/CCCCCCC=CCC.CC(=O)O. The van der Waals surface area contributed by atoms with E-state index in [0.717, 1.165) is 6.92 Å². The summed E-state index contributed by atoms with van der Waals surface area (Å²) in [6.45, 7) is 6.91. The molecular weight excluding hydrogens is 224 g/mol. The molecule has 0 fully saturated rings. The zero-order valence-corrected chi connectivity index (χ0v) is 11.9. The van der Waals surface area contributed by atoms with Crippen LogP contribution in [0.25, 0.3) is 0 Å². The Hall–Kier alpha value is -1.31. The van der Waals surface area contributed by atoms with Crippen molar-refractivity contribution >= 4 is 5.97 Å². The molecule has 0 aromatic heterocycles. The van der Waals surface area contributed by atoms with E-state index in [9.17, 15) is 0 Å². The van der Waals surface area contributed by atoms with Crippen molar-refractivity contribution in [1.82, 2.24) is 0 Å². The summed E-state index contributed by atoms with van der Waals surface area (Å²) in [4.78, 5) is 9.00. The van der Waals surface area contributed by atoms with Gasteiger partial charge in [-0.3, -0.25) is 4.79 Å². The van der Waals surface area contributed by atoms with Crippen molar-refractivity contribution in [2.45, 2.75) is 58.8 Å². The highest BCUT2D eigenvalue weighted by Gasteiger charge is 1.86. The summed E-state index contributed by atoms with van der Waals surface area (Å²) in [5, 5.41) is 7.42. The van der Waals surface area contributed by atoms with E-state index in [1.165, 1.54) is 44.9 Å². The molecule has 0 heterocycles. The third-order valence-electron chi connectivity index (χ3n) is 2.17. The number of aliphatic carboxylic acids is 1. The molecule has 0 aromatic rings. The highest BCUT2D eigenvalue weighted by atomic mass is 16.4. The maximum Gasteiger partial charge on any atom is 0.300 e. The molecule has 0 aliphatic heterocycles. The van der Waals surface area contributed by atoms with Crippen LogP contribution < -0.4 is 0 Å². The van der Waals surface area contributed by atoms with Crippen LogP contribution in [-0.2, 0) is 4.79 Å². The first-order valence-corrected chi connectivity index (χ1v) is 6.77. The Labute approximate surface area is 112 Å². The van der Waals surface area contributed by atoms with Crippen LogP contribution in [0.3, 0.4) is 0 Å². The summed E-state index contributed by atoms with van der Waals surface area (Å²) in [6.07, 6.45) is 19.7. The first-order valence-electron chi connectivity index (χ1n) is 6.77. The first-order chi connectivity index (χ1) is 8.65. The van der Waals surface area contributed by atoms with Crippen LogP contribution in [0, 0.1) is 0 Å². The molecule has 0 aliphatic carbocycles. The van der Waals surface area contributed by atoms with Gasteiger partial charge in [-0.05, 0) is 32.1 Å². The van der Waals surface area contributed by atoms with E-state index in [1.54, 1.807) is 0 Å². The third kappa shape index (κ3) is 29.3. The van der Waals surface area contributed by atoms with E-state index in [-0.39, 0.29) is 0 Å². The van der Waals surface area contributed by atoms with E-state index in [2.05, 4.69) is 31.7 Å². The molecule has 0 aromatic carbocycles. The van der Waals surface area contributed by atoms with Gasteiger partial charge in [0.05, 0.1) is 0 Å². The molecule has 0 unspecified atom stereocenters. The fourth-order valence-electron chi connectivity index (χ4n) is 1.35. The van der Waals surface area contributed by atoms with Crippen LogP contribution in [0.5, 0.6) is 0 Å². The van der Waals surface area contributed by atoms with E-state index >= 15 is 0 Å². The Kier molecular flexibility index (Phi) is 19.1. The highest BCUT2D eigenvalue weighted by Crippen LogP contribution is 2.06. The van der Waals surface area contributed by atoms with E-state index in [0.29, 0.717) is 0 Å². The number of carboxylic acid groups (broad SMARTS) is 1. The fraction of sp³-hybridized carbons (Fsp3) is 0.562. The zero-order valence-electron chi connectivity index (χ0n) is 11.9. The molecule has 18 heavy (non-hydrogen) atoms. The number of carbonyl (C=O) groups is 1. The van der Waals surface area contributed by atoms with Crippen molar-refractivity contribution < 1.29 is 9.90 Å². The Morgan fingerprint density at radius 2 is 1.56 bits per heavy atom. The Morgan fingerprint density at radius 3 is 2.00 bits per heavy atom. The minimum Gasteiger partial charge on any atom is -0.481 e. The van der Waals surface area contributed by atoms with Gasteiger partial charge in [-0.1, -0.05) is 56.7 Å². The number of hydrogen-bond acceptors (Lipinski definition) is 1. The lowest BCUT2D eigenvalue weighted by atomic mass is 10.1. The lowest BCUT2D eigenvalue weighted by Crippen LogP contribution is -1.78. The van der Waals surface area contributed by atoms with Crippen LogP contribution in [-0.4, -0.2) is 11.1 Å². The zero-order chi connectivity index (χ0) is 14.1. The number of unbranched alkanes of at least 4 members (excludes halogenated alkanes) is 5. The van der Waals surface area contributed by atoms with Crippen molar-refractivity contribution in [2.75, 3.05) is 0 Å². The molecule has 2 nitrogen and oxygen atoms in total. The van der Waals surface area contributed by atoms with Gasteiger partial charge in [0, 0.05) is 6.92 Å². The van der Waals surface area contributed by atoms with Crippen molar-refractivity contribution in [3.63, 3.8) is 0 Å². The second kappa shape index (κ2) is 18.1. The summed E-state index contributed by atoms with van der Waals surface area (Å²) in [5.41, 5.74) is 0. The molecule has 0 radical (unpaired) electrons. The molecule has 0 bridgehead atoms. The molecule has 1 N–H and O–H groups in total. The van der Waals surface area contributed by atoms with Gasteiger partial charge in [0.15, 0.2) is 0 Å². The van der Waals surface area contributed by atoms with E-state index in [1.807, 2.05) is 12.2 Å². The minimum atomic E-state index is -0.833. The Morgan fingerprint density at radius 1 is 1.06 bits per heavy atom. The molecule has 104 valence electrons. The standard InChI is InChI=1S/C14H24.C2H4O2/c1-3-5-7-9-11-13-14-12-10-8-6-4-2;1-2(3)4/h3,5-8H,1,4,9-14H2,2H3;1H3,(H,3,4)/b7-5+,8-6?;. The van der Waals surface area contributed by atoms with Gasteiger partial charge in [-0.15, -0.1) is 0 Å². The largest absolute Gasteiger partial charge is 0.481 e. The maximum absolute atomic E-state index is 9.00. The van der Waals surface area contributed by atoms with Crippen molar-refractivity contribution in [3.8, 4) is 0 Å². The topological polar surface area (TPSA) is 37.3 Å². The smallest absolute Gasteiger partial charge is 0.300 e. The second-order valence-electron chi connectivity index (χ2n) is 4.05. The molecule has 0 saturated carbocycles. The fourth-order valence-corrected chi connectivity index (χ4v) is 1.35. The minimum absolute atomic E-state index is 0.833. The summed E-state index contributed by atoms with van der Waals surface area (Å²) in [7, 11) is 0. The van der Waals surface area contributed by atoms with Gasteiger partial charge in [-0.25, -0.2) is 0 Å². The van der Waals surface area contributed by atoms with Crippen molar-refractivity contribution in [1.29, 1.82) is 0 Å². The van der Waals surface area contributed by atoms with Crippen LogP contribution in [0.1, 0.15) is 58.8 Å². The molecule has 0 saturated heterocycles. The number of hydrogen-bond donors (Lipinski definition) is 1. The molecule has 0 amide bonds. The van der Waals surface area contributed by atoms with Crippen LogP contribution in [0.15, 0.2) is 37.0 Å². The van der Waals surface area contributed by atoms with Crippen LogP contribution in [0.2, 0.25) is 0 Å². The summed E-state index contributed by atoms with van der Waals surface area (Å²) in [6, 6.07) is 0. The number of allylic oxidation sites excluding steroid dienone is 5. The van der Waals surface area contributed by atoms with Crippen molar-refractivity contribution in [3.05, 3.63) is 37.0 Å². The number of rotatable bonds is 9. The van der Waals surface area contributed by atoms with Crippen LogP contribution >= 0.6 is 0 Å². The quantitative estimate of drug-likeness (QED) is 0.351. The monoisotopic (exact) mass is 252 g/mol. The van der Waals surface area contributed by atoms with Gasteiger partial charge in [-0.2, -0.15) is 0 Å². The lowest BCUT2D eigenvalue weighted by Gasteiger charge is -1.96. The predicted octanol–water partition coefficient (Wildman–Crippen LogP) is 5.13. The average molecular weight is 252 g/mol. The average Bonchev–Trinajstić information content (AvgIpc) is 2.31. The lowest BCUT2D eigenvalue weighted by molar-refractivity contribution is -0.134. The Balaban J connectivity index is 0. The van der Waals surface area contributed by atoms with Gasteiger partial charge in [0.1, 0.15) is 0 Å². The second-order valence-corrected chi connectivity index (χ2v) is 4.05. The van der Waals surface area contributed by atoms with E-state index in [4.69, 9.17) is 9.90 Å². The van der Waals surface area contributed by atoms with Gasteiger partial charge < -0.3 is 5.11 Å². The van der Waals surface area contributed by atoms with Gasteiger partial charge >= 0.3 is 0 Å². The van der Waals surface area contributed by atoms with E-state index < -0.39 is 5.97 Å². The van der Waals surface area contributed by atoms with Gasteiger partial charge in [0.2, 0.25) is 0 Å². The number of carboxylic acids is 1. The van der Waals surface area contributed by atoms with Gasteiger partial charge in [0.25, 0.3) is 5.97 Å². The first kappa shape index (κ1) is 19.0. The molecule has 0 rings (SSSR count). The van der Waals surface area contributed by atoms with Crippen LogP contribution in [0.4, 0.5) is 0 Å². The molecule has 0 atom stereocenters. The molecule has 2 heteroatoms. The molecule has 0 aliphatic rings. The predicted molar refractivity (Wildman–Crippen MR) is 79.8 cm³/mol. The summed E-state index contributed by atoms with van der Waals surface area (Å²) < 4.78 is 0. The summed E-state index contributed by atoms with van der Waals surface area (Å²) in [5.74, 6) is -0.833. The maximum atomic E-state index is 9.00. The third-order valence-corrected chi connectivity index (χ3v) is 2.17. The molecule has 0 spiro atoms. The highest BCUT2D eigenvalue weighted by molar-refractivity contribution is 5.62. The summed E-state index contributed by atoms with van der Waals surface area (Å²) >= 11 is 0.